The van der Waals surface area contributed by atoms with Crippen LogP contribution in [0.1, 0.15) is 6.42 Å². The van der Waals surface area contributed by atoms with Gasteiger partial charge in [0, 0.05) is 24.6 Å². The van der Waals surface area contributed by atoms with Crippen molar-refractivity contribution in [3.05, 3.63) is 29.3 Å². The average molecular weight is 292 g/mol. The molecule has 1 fully saturated rings. The van der Waals surface area contributed by atoms with Crippen LogP contribution in [0.4, 0.5) is 0 Å². The maximum absolute atomic E-state index is 12.0. The molecule has 1 aromatic carbocycles. The second-order valence-electron chi connectivity index (χ2n) is 4.31. The molecule has 0 aromatic heterocycles. The van der Waals surface area contributed by atoms with Crippen LogP contribution >= 0.6 is 11.6 Å². The lowest BCUT2D eigenvalue weighted by Gasteiger charge is -2.20. The summed E-state index contributed by atoms with van der Waals surface area (Å²) in [7, 11) is -3.66. The van der Waals surface area contributed by atoms with E-state index < -0.39 is 15.6 Å². The van der Waals surface area contributed by atoms with Gasteiger partial charge in [0.05, 0.1) is 11.5 Å². The largest absolute Gasteiger partial charge is 0.386 e. The Hall–Kier alpha value is -0.660. The Bertz CT molecular complexity index is 526. The van der Waals surface area contributed by atoms with Gasteiger partial charge in [0.25, 0.3) is 0 Å². The highest BCUT2D eigenvalue weighted by Crippen LogP contribution is 2.19. The smallest absolute Gasteiger partial charge is 0.240 e. The molecule has 2 N–H and O–H groups in total. The lowest BCUT2D eigenvalue weighted by molar-refractivity contribution is 0.0314. The van der Waals surface area contributed by atoms with Crippen LogP contribution < -0.4 is 4.72 Å². The first-order valence-electron chi connectivity index (χ1n) is 5.47. The van der Waals surface area contributed by atoms with Crippen LogP contribution in [0.25, 0.3) is 0 Å². The molecule has 0 amide bonds. The van der Waals surface area contributed by atoms with E-state index in [0.717, 1.165) is 0 Å². The number of aliphatic hydroxyl groups is 1. The second-order valence-corrected chi connectivity index (χ2v) is 6.51. The fraction of sp³-hybridized carbons (Fsp3) is 0.455. The lowest BCUT2D eigenvalue weighted by atomic mass is 10.1. The van der Waals surface area contributed by atoms with Crippen molar-refractivity contribution in [3.8, 4) is 0 Å². The van der Waals surface area contributed by atoms with Crippen molar-refractivity contribution >= 4 is 21.6 Å². The van der Waals surface area contributed by atoms with Gasteiger partial charge in [-0.3, -0.25) is 0 Å². The molecule has 0 aliphatic carbocycles. The van der Waals surface area contributed by atoms with E-state index >= 15 is 0 Å². The molecule has 18 heavy (non-hydrogen) atoms. The summed E-state index contributed by atoms with van der Waals surface area (Å²) in [5, 5.41) is 10.3. The van der Waals surface area contributed by atoms with E-state index in [4.69, 9.17) is 16.3 Å². The first-order chi connectivity index (χ1) is 8.41. The third kappa shape index (κ3) is 3.21. The summed E-state index contributed by atoms with van der Waals surface area (Å²) in [6.45, 7) is 0.516. The Morgan fingerprint density at radius 3 is 2.89 bits per heavy atom. The molecule has 1 aliphatic heterocycles. The SMILES string of the molecule is O=S(=O)(NCC1(O)CCOC1)c1cccc(Cl)c1. The van der Waals surface area contributed by atoms with Crippen molar-refractivity contribution in [2.75, 3.05) is 19.8 Å². The zero-order valence-electron chi connectivity index (χ0n) is 9.60. The summed E-state index contributed by atoms with van der Waals surface area (Å²) in [6, 6.07) is 5.96. The Labute approximate surface area is 111 Å². The molecule has 5 nitrogen and oxygen atoms in total. The van der Waals surface area contributed by atoms with Crippen LogP contribution in [0.5, 0.6) is 0 Å². The zero-order chi connectivity index (χ0) is 13.2. The van der Waals surface area contributed by atoms with E-state index in [2.05, 4.69) is 4.72 Å². The number of sulfonamides is 1. The summed E-state index contributed by atoms with van der Waals surface area (Å²) < 4.78 is 31.3. The van der Waals surface area contributed by atoms with Gasteiger partial charge in [0.15, 0.2) is 0 Å². The van der Waals surface area contributed by atoms with Crippen LogP contribution in [0.15, 0.2) is 29.2 Å². The number of benzene rings is 1. The van der Waals surface area contributed by atoms with Gasteiger partial charge in [0.2, 0.25) is 10.0 Å². The molecule has 0 bridgehead atoms. The van der Waals surface area contributed by atoms with Gasteiger partial charge in [-0.15, -0.1) is 0 Å². The van der Waals surface area contributed by atoms with E-state index in [9.17, 15) is 13.5 Å². The predicted molar refractivity (Wildman–Crippen MR) is 67.0 cm³/mol. The Balaban J connectivity index is 2.08. The van der Waals surface area contributed by atoms with Crippen LogP contribution in [0, 0.1) is 0 Å². The molecule has 1 heterocycles. The van der Waals surface area contributed by atoms with E-state index in [0.29, 0.717) is 18.1 Å². The molecule has 1 saturated heterocycles. The quantitative estimate of drug-likeness (QED) is 0.859. The molecule has 1 aromatic rings. The van der Waals surface area contributed by atoms with Gasteiger partial charge in [-0.1, -0.05) is 17.7 Å². The highest BCUT2D eigenvalue weighted by Gasteiger charge is 2.33. The summed E-state index contributed by atoms with van der Waals surface area (Å²) in [5.74, 6) is 0. The van der Waals surface area contributed by atoms with Crippen LogP contribution in [-0.4, -0.2) is 38.9 Å². The first-order valence-corrected chi connectivity index (χ1v) is 7.33. The summed E-state index contributed by atoms with van der Waals surface area (Å²) in [5.41, 5.74) is -1.12. The molecular formula is C11H14ClNO4S. The number of halogens is 1. The van der Waals surface area contributed by atoms with E-state index in [-0.39, 0.29) is 18.0 Å². The van der Waals surface area contributed by atoms with Crippen LogP contribution in [0.2, 0.25) is 5.02 Å². The van der Waals surface area contributed by atoms with Gasteiger partial charge >= 0.3 is 0 Å². The Morgan fingerprint density at radius 2 is 2.28 bits per heavy atom. The van der Waals surface area contributed by atoms with Gasteiger partial charge in [-0.2, -0.15) is 0 Å². The zero-order valence-corrected chi connectivity index (χ0v) is 11.2. The summed E-state index contributed by atoms with van der Waals surface area (Å²) in [4.78, 5) is 0.0810. The summed E-state index contributed by atoms with van der Waals surface area (Å²) >= 11 is 5.74. The minimum absolute atomic E-state index is 0.0676. The molecular weight excluding hydrogens is 278 g/mol. The monoisotopic (exact) mass is 291 g/mol. The fourth-order valence-electron chi connectivity index (χ4n) is 1.68. The highest BCUT2D eigenvalue weighted by atomic mass is 35.5. The maximum Gasteiger partial charge on any atom is 0.240 e. The topological polar surface area (TPSA) is 75.6 Å². The van der Waals surface area contributed by atoms with E-state index in [1.807, 2.05) is 0 Å². The molecule has 100 valence electrons. The standard InChI is InChI=1S/C11H14ClNO4S/c12-9-2-1-3-10(6-9)18(15,16)13-7-11(14)4-5-17-8-11/h1-3,6,13-14H,4-5,7-8H2. The maximum atomic E-state index is 12.0. The molecule has 1 atom stereocenters. The van der Waals surface area contributed by atoms with E-state index in [1.165, 1.54) is 12.1 Å². The third-order valence-corrected chi connectivity index (χ3v) is 4.41. The minimum Gasteiger partial charge on any atom is -0.386 e. The van der Waals surface area contributed by atoms with Crippen LogP contribution in [0.3, 0.4) is 0 Å². The van der Waals surface area contributed by atoms with Crippen molar-refractivity contribution in [1.82, 2.24) is 4.72 Å². The molecule has 2 rings (SSSR count). The highest BCUT2D eigenvalue weighted by molar-refractivity contribution is 7.89. The molecule has 0 saturated carbocycles. The number of hydrogen-bond donors (Lipinski definition) is 2. The van der Waals surface area contributed by atoms with Gasteiger partial charge in [0.1, 0.15) is 5.60 Å². The fourth-order valence-corrected chi connectivity index (χ4v) is 3.10. The molecule has 1 unspecified atom stereocenters. The minimum atomic E-state index is -3.66. The number of nitrogens with one attached hydrogen (secondary N) is 1. The average Bonchev–Trinajstić information content (AvgIpc) is 2.75. The third-order valence-electron chi connectivity index (χ3n) is 2.78. The first kappa shape index (κ1) is 13.8. The van der Waals surface area contributed by atoms with E-state index in [1.54, 1.807) is 12.1 Å². The van der Waals surface area contributed by atoms with Crippen molar-refractivity contribution < 1.29 is 18.3 Å². The van der Waals surface area contributed by atoms with Crippen molar-refractivity contribution in [1.29, 1.82) is 0 Å². The van der Waals surface area contributed by atoms with Crippen molar-refractivity contribution in [2.24, 2.45) is 0 Å². The summed E-state index contributed by atoms with van der Waals surface area (Å²) in [6.07, 6.45) is 0.422. The van der Waals surface area contributed by atoms with Gasteiger partial charge in [-0.05, 0) is 18.2 Å². The Morgan fingerprint density at radius 1 is 1.50 bits per heavy atom. The van der Waals surface area contributed by atoms with Gasteiger partial charge < -0.3 is 9.84 Å². The van der Waals surface area contributed by atoms with Crippen molar-refractivity contribution in [3.63, 3.8) is 0 Å². The Kier molecular flexibility index (Phi) is 3.93. The molecule has 0 spiro atoms. The lowest BCUT2D eigenvalue weighted by Crippen LogP contribution is -2.43. The van der Waals surface area contributed by atoms with Crippen LogP contribution in [-0.2, 0) is 14.8 Å². The second kappa shape index (κ2) is 5.14. The number of ether oxygens (including phenoxy) is 1. The molecule has 7 heteroatoms. The number of hydrogen-bond acceptors (Lipinski definition) is 4. The normalized spacial score (nSPS) is 24.3. The molecule has 0 radical (unpaired) electrons. The predicted octanol–water partition coefficient (Wildman–Crippen LogP) is 0.770. The number of rotatable bonds is 4. The molecule has 1 aliphatic rings. The van der Waals surface area contributed by atoms with Crippen molar-refractivity contribution in [2.45, 2.75) is 16.9 Å². The van der Waals surface area contributed by atoms with Gasteiger partial charge in [-0.25, -0.2) is 13.1 Å².